The van der Waals surface area contributed by atoms with E-state index in [4.69, 9.17) is 36.3 Å². The van der Waals surface area contributed by atoms with E-state index >= 15 is 0 Å². The maximum atomic E-state index is 12.7. The highest BCUT2D eigenvalue weighted by atomic mass is 35.5. The number of allylic oxidation sites excluding steroid dienone is 2. The molecule has 8 heteroatoms. The SMILES string of the molecule is CCOC(=O)C1=C(C)OC(N)=C(C#N)C1c1ccc(OC)c(COc2ccccc2Cl)c1. The minimum absolute atomic E-state index is 0.0484. The van der Waals surface area contributed by atoms with E-state index in [2.05, 4.69) is 6.07 Å². The van der Waals surface area contributed by atoms with Gasteiger partial charge in [-0.1, -0.05) is 29.8 Å². The minimum Gasteiger partial charge on any atom is -0.496 e. The van der Waals surface area contributed by atoms with Crippen LogP contribution >= 0.6 is 11.6 Å². The van der Waals surface area contributed by atoms with Crippen molar-refractivity contribution < 1.29 is 23.7 Å². The number of benzene rings is 2. The number of carbonyl (C=O) groups excluding carboxylic acids is 1. The first-order valence-corrected chi connectivity index (χ1v) is 10.3. The van der Waals surface area contributed by atoms with Crippen molar-refractivity contribution in [1.29, 1.82) is 5.26 Å². The van der Waals surface area contributed by atoms with E-state index in [1.54, 1.807) is 45.2 Å². The summed E-state index contributed by atoms with van der Waals surface area (Å²) in [5.74, 6) is 0.0271. The average Bonchev–Trinajstić information content (AvgIpc) is 2.78. The summed E-state index contributed by atoms with van der Waals surface area (Å²) in [6.07, 6.45) is 0. The number of carbonyl (C=O) groups is 1. The van der Waals surface area contributed by atoms with Gasteiger partial charge in [-0.15, -0.1) is 0 Å². The highest BCUT2D eigenvalue weighted by molar-refractivity contribution is 6.32. The largest absolute Gasteiger partial charge is 0.496 e. The summed E-state index contributed by atoms with van der Waals surface area (Å²) in [5.41, 5.74) is 7.67. The monoisotopic (exact) mass is 454 g/mol. The smallest absolute Gasteiger partial charge is 0.338 e. The summed E-state index contributed by atoms with van der Waals surface area (Å²) in [4.78, 5) is 12.7. The molecular formula is C24H23ClN2O5. The van der Waals surface area contributed by atoms with Gasteiger partial charge in [-0.3, -0.25) is 0 Å². The van der Waals surface area contributed by atoms with Crippen molar-refractivity contribution in [2.75, 3.05) is 13.7 Å². The molecule has 0 saturated heterocycles. The van der Waals surface area contributed by atoms with Crippen molar-refractivity contribution in [1.82, 2.24) is 0 Å². The molecule has 0 spiro atoms. The van der Waals surface area contributed by atoms with Gasteiger partial charge in [-0.05, 0) is 43.7 Å². The zero-order valence-electron chi connectivity index (χ0n) is 18.0. The number of nitrogens with zero attached hydrogens (tertiary/aromatic N) is 1. The molecule has 0 saturated carbocycles. The van der Waals surface area contributed by atoms with Crippen LogP contribution < -0.4 is 15.2 Å². The number of hydrogen-bond acceptors (Lipinski definition) is 7. The second-order valence-corrected chi connectivity index (χ2v) is 7.31. The summed E-state index contributed by atoms with van der Waals surface area (Å²) in [5, 5.41) is 10.2. The van der Waals surface area contributed by atoms with Gasteiger partial charge in [0, 0.05) is 5.56 Å². The fraction of sp³-hybridized carbons (Fsp3) is 0.250. The lowest BCUT2D eigenvalue weighted by molar-refractivity contribution is -0.139. The predicted octanol–water partition coefficient (Wildman–Crippen LogP) is 4.57. The van der Waals surface area contributed by atoms with Crippen LogP contribution in [0.15, 0.2) is 65.3 Å². The molecule has 0 aromatic heterocycles. The molecule has 2 aromatic rings. The first-order chi connectivity index (χ1) is 15.4. The first-order valence-electron chi connectivity index (χ1n) is 9.90. The third kappa shape index (κ3) is 4.66. The van der Waals surface area contributed by atoms with Crippen LogP contribution in [-0.4, -0.2) is 19.7 Å². The molecule has 1 aliphatic rings. The van der Waals surface area contributed by atoms with Crippen LogP contribution in [0.25, 0.3) is 0 Å². The Labute approximate surface area is 191 Å². The van der Waals surface area contributed by atoms with E-state index in [-0.39, 0.29) is 36.0 Å². The Kier molecular flexibility index (Phi) is 7.29. The summed E-state index contributed by atoms with van der Waals surface area (Å²) < 4.78 is 22.0. The van der Waals surface area contributed by atoms with Gasteiger partial charge in [0.1, 0.15) is 35.5 Å². The van der Waals surface area contributed by atoms with Gasteiger partial charge < -0.3 is 24.7 Å². The van der Waals surface area contributed by atoms with E-state index in [1.807, 2.05) is 18.2 Å². The molecule has 1 unspecified atom stereocenters. The zero-order chi connectivity index (χ0) is 23.3. The second kappa shape index (κ2) is 10.1. The van der Waals surface area contributed by atoms with E-state index < -0.39 is 11.9 Å². The number of halogens is 1. The zero-order valence-corrected chi connectivity index (χ0v) is 18.7. The van der Waals surface area contributed by atoms with E-state index in [0.29, 0.717) is 27.6 Å². The normalized spacial score (nSPS) is 15.7. The lowest BCUT2D eigenvalue weighted by Gasteiger charge is -2.27. The highest BCUT2D eigenvalue weighted by Crippen LogP contribution is 2.41. The Morgan fingerprint density at radius 3 is 2.66 bits per heavy atom. The number of nitriles is 1. The van der Waals surface area contributed by atoms with Crippen molar-refractivity contribution in [3.63, 3.8) is 0 Å². The van der Waals surface area contributed by atoms with Crippen LogP contribution in [0.5, 0.6) is 11.5 Å². The van der Waals surface area contributed by atoms with Crippen LogP contribution in [0.1, 0.15) is 30.9 Å². The number of para-hydroxylation sites is 1. The topological polar surface area (TPSA) is 104 Å². The van der Waals surface area contributed by atoms with Crippen molar-refractivity contribution in [3.05, 3.63) is 81.4 Å². The van der Waals surface area contributed by atoms with Crippen LogP contribution in [0.4, 0.5) is 0 Å². The van der Waals surface area contributed by atoms with Crippen molar-refractivity contribution in [2.24, 2.45) is 5.73 Å². The summed E-state index contributed by atoms with van der Waals surface area (Å²) in [7, 11) is 1.55. The molecule has 1 aliphatic heterocycles. The number of ether oxygens (including phenoxy) is 4. The van der Waals surface area contributed by atoms with Gasteiger partial charge in [0.25, 0.3) is 0 Å². The van der Waals surface area contributed by atoms with Crippen LogP contribution in [-0.2, 0) is 20.9 Å². The van der Waals surface area contributed by atoms with Gasteiger partial charge >= 0.3 is 5.97 Å². The fourth-order valence-electron chi connectivity index (χ4n) is 3.50. The lowest BCUT2D eigenvalue weighted by atomic mass is 9.82. The maximum absolute atomic E-state index is 12.7. The molecule has 0 bridgehead atoms. The fourth-order valence-corrected chi connectivity index (χ4v) is 3.69. The average molecular weight is 455 g/mol. The summed E-state index contributed by atoms with van der Waals surface area (Å²) in [6.45, 7) is 3.66. The summed E-state index contributed by atoms with van der Waals surface area (Å²) >= 11 is 6.19. The standard InChI is InChI=1S/C24H23ClN2O5/c1-4-30-24(28)21-14(2)32-23(27)17(12-26)22(21)15-9-10-19(29-3)16(11-15)13-31-20-8-6-5-7-18(20)25/h5-11,22H,4,13,27H2,1-3H3. The number of hydrogen-bond donors (Lipinski definition) is 1. The number of esters is 1. The van der Waals surface area contributed by atoms with Crippen molar-refractivity contribution in [3.8, 4) is 17.6 Å². The Morgan fingerprint density at radius 1 is 1.25 bits per heavy atom. The number of methoxy groups -OCH3 is 1. The second-order valence-electron chi connectivity index (χ2n) is 6.91. The molecular weight excluding hydrogens is 432 g/mol. The Balaban J connectivity index is 2.04. The number of rotatable bonds is 7. The molecule has 1 atom stereocenters. The molecule has 32 heavy (non-hydrogen) atoms. The molecule has 1 heterocycles. The quantitative estimate of drug-likeness (QED) is 0.611. The maximum Gasteiger partial charge on any atom is 0.338 e. The van der Waals surface area contributed by atoms with E-state index in [1.165, 1.54) is 0 Å². The molecule has 0 fully saturated rings. The van der Waals surface area contributed by atoms with Crippen LogP contribution in [0.3, 0.4) is 0 Å². The van der Waals surface area contributed by atoms with Gasteiger partial charge in [0.2, 0.25) is 5.88 Å². The predicted molar refractivity (Wildman–Crippen MR) is 119 cm³/mol. The highest BCUT2D eigenvalue weighted by Gasteiger charge is 2.36. The molecule has 0 amide bonds. The minimum atomic E-state index is -0.752. The molecule has 7 nitrogen and oxygen atoms in total. The Bertz CT molecular complexity index is 1130. The van der Waals surface area contributed by atoms with E-state index in [9.17, 15) is 10.1 Å². The molecule has 0 radical (unpaired) electrons. The molecule has 0 aliphatic carbocycles. The Hall–Kier alpha value is -3.63. The van der Waals surface area contributed by atoms with Gasteiger partial charge in [-0.2, -0.15) is 5.26 Å². The molecule has 2 N–H and O–H groups in total. The van der Waals surface area contributed by atoms with E-state index in [0.717, 1.165) is 0 Å². The third-order valence-corrected chi connectivity index (χ3v) is 5.27. The molecule has 3 rings (SSSR count). The van der Waals surface area contributed by atoms with Crippen LogP contribution in [0.2, 0.25) is 5.02 Å². The summed E-state index contributed by atoms with van der Waals surface area (Å²) in [6, 6.07) is 14.5. The van der Waals surface area contributed by atoms with Crippen molar-refractivity contribution in [2.45, 2.75) is 26.4 Å². The van der Waals surface area contributed by atoms with Gasteiger partial charge in [-0.25, -0.2) is 4.79 Å². The number of nitrogens with two attached hydrogens (primary N) is 1. The third-order valence-electron chi connectivity index (χ3n) is 4.96. The first kappa shape index (κ1) is 23.0. The van der Waals surface area contributed by atoms with Gasteiger partial charge in [0.05, 0.1) is 30.2 Å². The van der Waals surface area contributed by atoms with Gasteiger partial charge in [0.15, 0.2) is 0 Å². The molecule has 2 aromatic carbocycles. The molecule has 166 valence electrons. The Morgan fingerprint density at radius 2 is 2.00 bits per heavy atom. The lowest BCUT2D eigenvalue weighted by Crippen LogP contribution is -2.25. The van der Waals surface area contributed by atoms with Crippen LogP contribution in [0, 0.1) is 11.3 Å². The van der Waals surface area contributed by atoms with Crippen molar-refractivity contribution >= 4 is 17.6 Å².